The zero-order valence-corrected chi connectivity index (χ0v) is 69.1. The largest absolute Gasteiger partial charge is 0.442 e. The van der Waals surface area contributed by atoms with Gasteiger partial charge in [0.2, 0.25) is 30.0 Å². The van der Waals surface area contributed by atoms with Crippen molar-refractivity contribution in [2.75, 3.05) is 111 Å². The Hall–Kier alpha value is -4.88. The molecular formula is C69H120N13O19P5S+2. The molecule has 604 valence electrons. The normalized spacial score (nSPS) is 34.0. The highest BCUT2D eigenvalue weighted by Gasteiger charge is 2.52. The van der Waals surface area contributed by atoms with Crippen LogP contribution in [-0.2, 0) is 33.3 Å². The summed E-state index contributed by atoms with van der Waals surface area (Å²) in [6, 6.07) is -0.709. The Morgan fingerprint density at radius 2 is 0.897 bits per heavy atom. The molecule has 32 nitrogen and oxygen atoms in total. The number of hydrogen-bond acceptors (Lipinski definition) is 24. The number of carbonyl (C=O) groups excluding carboxylic acids is 4. The first-order valence-corrected chi connectivity index (χ1v) is 50.7. The first-order chi connectivity index (χ1) is 49.3. The monoisotopic (exact) mass is 1620 g/mol. The fraction of sp³-hybridized carbons (Fsp3) is 0.638. The lowest BCUT2D eigenvalue weighted by atomic mass is 10.1. The van der Waals surface area contributed by atoms with Gasteiger partial charge < -0.3 is 100 Å². The number of ether oxygens (including phenoxy) is 5. The average Bonchev–Trinajstić information content (AvgIpc) is 1.70. The van der Waals surface area contributed by atoms with Crippen LogP contribution in [0.4, 0.5) is 9.59 Å². The van der Waals surface area contributed by atoms with Crippen molar-refractivity contribution in [1.82, 2.24) is 51.6 Å². The minimum atomic E-state index is -1.23. The highest BCUT2D eigenvalue weighted by Crippen LogP contribution is 2.43. The molecule has 0 aromatic carbocycles. The van der Waals surface area contributed by atoms with Gasteiger partial charge in [-0.3, -0.25) is 9.59 Å². The van der Waals surface area contributed by atoms with Crippen molar-refractivity contribution in [3.8, 4) is 0 Å². The molecule has 0 bridgehead atoms. The van der Waals surface area contributed by atoms with Gasteiger partial charge in [-0.1, -0.05) is 38.9 Å². The van der Waals surface area contributed by atoms with Gasteiger partial charge in [0.1, 0.15) is 89.7 Å². The number of urea groups is 2. The third-order valence-electron chi connectivity index (χ3n) is 18.6. The summed E-state index contributed by atoms with van der Waals surface area (Å²) in [5.41, 5.74) is 0. The molecule has 10 aliphatic rings. The standard InChI is InChI=1S/C15H27N2O4P.C14H24N3O4P.C14H23N2O3PS.2C13H22N3O4P/c1-9-8-17(10(2)16-14(9)20)15-13(19)12(18)11(21-15)6-7-22(3,4)5;1-9-15-14(20)16(2)8-17(9)13-12(19)11(18)10(21-13)6-7-22(3,4)5;1-9-15-11(21)5-7-16(9)14-13(18)12(17)10(19-14)6-8-20(2,3)4;1-8-15-13(19)14-7-16(8)12-11(18)10(17)9(20-12)5-6-21(2,3)4;1-8-15-10(17)7-14-16(8)13-12(19)11(18)9(20-13)5-6-21(2,3)4/h9,11-13,15,18-19H,2-3,6-8H2,1,4-5H3,(H,16,20);8,10-13,18-19H,1,3,6-7H2,2,4-5H3;5,7,10,12-14,17-18H,1-2,6,8H2,3-4H3,(H,15,21);7,9-12,17-18H,1-2,5-6H2,3-4H3,(H,15,19);7,9,11-13,18-19H,1-2,5-6H2,3-4H3,(H,15,17)/p+2/t9?,11-,12-,13-,15-;10-,11-,12-,13-;10-,12-,13-,14-;9-,10-,11-,12-;9-,11-,12-,13-/m11111/s1. The van der Waals surface area contributed by atoms with E-state index in [0.29, 0.717) is 66.9 Å². The maximum absolute atomic E-state index is 11.6. The van der Waals surface area contributed by atoms with Gasteiger partial charge in [-0.2, -0.15) is 5.10 Å². The summed E-state index contributed by atoms with van der Waals surface area (Å²) in [4.78, 5) is 50.8. The van der Waals surface area contributed by atoms with Gasteiger partial charge in [-0.25, -0.2) is 44.6 Å². The molecule has 6 amide bonds. The fourth-order valence-corrected chi connectivity index (χ4v) is 17.2. The molecule has 0 aromatic rings. The van der Waals surface area contributed by atoms with Crippen LogP contribution in [0.25, 0.3) is 0 Å². The molecule has 10 heterocycles. The summed E-state index contributed by atoms with van der Waals surface area (Å²) in [6.45, 7) is 36.2. The molecule has 6 saturated heterocycles. The number of rotatable bonds is 20. The maximum atomic E-state index is 11.6. The van der Waals surface area contributed by atoms with E-state index in [4.69, 9.17) is 35.9 Å². The van der Waals surface area contributed by atoms with E-state index in [1.54, 1.807) is 36.0 Å². The fourth-order valence-electron chi connectivity index (χ4n) is 12.3. The number of nitrogens with one attached hydrogen (secondary N) is 6. The summed E-state index contributed by atoms with van der Waals surface area (Å²) in [5, 5.41) is 123. The van der Waals surface area contributed by atoms with Gasteiger partial charge in [0.05, 0.1) is 43.5 Å². The number of hydrazone groups is 1. The van der Waals surface area contributed by atoms with Crippen molar-refractivity contribution in [3.05, 3.63) is 74.3 Å². The van der Waals surface area contributed by atoms with E-state index in [9.17, 15) is 70.2 Å². The zero-order valence-electron chi connectivity index (χ0n) is 63.8. The van der Waals surface area contributed by atoms with E-state index in [2.05, 4.69) is 168 Å². The molecule has 21 atom stereocenters. The highest BCUT2D eigenvalue weighted by atomic mass is 32.1. The van der Waals surface area contributed by atoms with E-state index in [1.807, 2.05) is 0 Å². The molecule has 0 radical (unpaired) electrons. The Kier molecular flexibility index (Phi) is 32.0. The van der Waals surface area contributed by atoms with E-state index >= 15 is 0 Å². The molecule has 107 heavy (non-hydrogen) atoms. The van der Waals surface area contributed by atoms with Gasteiger partial charge in [-0.15, -0.1) is 65.9 Å². The predicted molar refractivity (Wildman–Crippen MR) is 436 cm³/mol. The Balaban J connectivity index is 0.000000209. The first-order valence-electron chi connectivity index (χ1n) is 35.0. The van der Waals surface area contributed by atoms with Crippen LogP contribution in [0, 0.1) is 5.92 Å². The quantitative estimate of drug-likeness (QED) is 0.0407. The molecule has 0 spiro atoms. The van der Waals surface area contributed by atoms with Crippen LogP contribution < -0.4 is 31.9 Å². The van der Waals surface area contributed by atoms with Crippen molar-refractivity contribution in [2.24, 2.45) is 11.0 Å². The van der Waals surface area contributed by atoms with E-state index < -0.39 is 157 Å². The predicted octanol–water partition coefficient (Wildman–Crippen LogP) is -0.701. The lowest BCUT2D eigenvalue weighted by Crippen LogP contribution is -2.54. The van der Waals surface area contributed by atoms with E-state index in [0.717, 1.165) is 37.0 Å². The van der Waals surface area contributed by atoms with Gasteiger partial charge >= 0.3 is 12.1 Å². The van der Waals surface area contributed by atoms with Crippen LogP contribution >= 0.6 is 46.6 Å². The number of thiocarbonyl (C=S) groups is 1. The smallest absolute Gasteiger partial charge is 0.388 e. The molecule has 1 unspecified atom stereocenters. The molecule has 10 rings (SSSR count). The van der Waals surface area contributed by atoms with Gasteiger partial charge in [-0.05, 0) is 149 Å². The average molecular weight is 1620 g/mol. The van der Waals surface area contributed by atoms with E-state index in [1.165, 1.54) is 31.7 Å². The number of hydrogen-bond donors (Lipinski definition) is 16. The SMILES string of the molecule is C=C1NC(=O)C(C)CN1[C@@H]1O[C@H](CCP(=C)(C)C)[C@@H](O)[C@H]1O.C=C1NC(=O)C=NN1[C@@H]1O[C@H](CCP(=C)(C)C)[C@@H](O)[C@H]1O.C=C1NC(=O)N(C)C=[N+]1[C@@H]1O[C@H](CCP(=C)(C)C)[C@@H](O)[C@H]1O.C=C1NC(=O)NC=[N+]1[C@@H]1O[C@H](CCP(=C)(C)C)[C@@H](O)[C@H]1O.C=C1NC(=S)C=CN1[C@@H]1O[C@H](CCP(=C)(C)C)[C@@H](O)[C@H]1O. The molecular weight excluding hydrogens is 1500 g/mol. The van der Waals surface area contributed by atoms with Gasteiger partial charge in [0.15, 0.2) is 31.4 Å². The number of nitrogens with zero attached hydrogens (tertiary/aromatic N) is 7. The number of amides is 6. The third kappa shape index (κ3) is 25.8. The number of carbonyl (C=O) groups is 4. The first kappa shape index (κ1) is 91.0. The van der Waals surface area contributed by atoms with Crippen LogP contribution in [-0.4, -0.2) is 393 Å². The van der Waals surface area contributed by atoms with Crippen molar-refractivity contribution >= 4 is 126 Å². The molecule has 16 N–H and O–H groups in total. The van der Waals surface area contributed by atoms with Crippen molar-refractivity contribution in [1.29, 1.82) is 0 Å². The summed E-state index contributed by atoms with van der Waals surface area (Å²) < 4.78 is 32.0. The highest BCUT2D eigenvalue weighted by molar-refractivity contribution is 7.80. The lowest BCUT2D eigenvalue weighted by Gasteiger charge is -2.39. The summed E-state index contributed by atoms with van der Waals surface area (Å²) >= 11 is 5.03. The molecule has 0 aliphatic carbocycles. The maximum Gasteiger partial charge on any atom is 0.442 e. The second kappa shape index (κ2) is 37.6. The minimum absolute atomic E-state index is 0.0885. The van der Waals surface area contributed by atoms with Gasteiger partial charge in [0.25, 0.3) is 5.91 Å². The molecule has 10 aliphatic heterocycles. The Bertz CT molecular complexity index is 3610. The second-order valence-corrected chi connectivity index (χ2v) is 53.8. The van der Waals surface area contributed by atoms with Crippen molar-refractivity contribution < 1.29 is 103 Å². The van der Waals surface area contributed by atoms with Crippen LogP contribution in [0.2, 0.25) is 0 Å². The molecule has 6 fully saturated rings. The number of aliphatic hydroxyl groups is 10. The van der Waals surface area contributed by atoms with E-state index in [-0.39, 0.29) is 35.7 Å². The summed E-state index contributed by atoms with van der Waals surface area (Å²) in [7, 11) is 1.58. The Labute approximate surface area is 635 Å². The summed E-state index contributed by atoms with van der Waals surface area (Å²) in [5.74, 6) is 1.06. The van der Waals surface area contributed by atoms with Crippen LogP contribution in [0.15, 0.2) is 79.4 Å². The lowest BCUT2D eigenvalue weighted by molar-refractivity contribution is -0.581. The van der Waals surface area contributed by atoms with Crippen LogP contribution in [0.3, 0.4) is 0 Å². The van der Waals surface area contributed by atoms with Crippen molar-refractivity contribution in [3.63, 3.8) is 0 Å². The molecule has 0 aromatic heterocycles. The topological polar surface area (TPSA) is 420 Å². The molecule has 0 saturated carbocycles. The third-order valence-corrected chi connectivity index (χ3v) is 26.2. The zero-order chi connectivity index (χ0) is 80.7. The summed E-state index contributed by atoms with van der Waals surface area (Å²) in [6.07, 6.45) is 19.7. The van der Waals surface area contributed by atoms with Crippen LogP contribution in [0.1, 0.15) is 39.0 Å². The minimum Gasteiger partial charge on any atom is -0.388 e. The Morgan fingerprint density at radius 1 is 0.505 bits per heavy atom. The number of aliphatic hydroxyl groups excluding tert-OH is 10. The Morgan fingerprint density at radius 3 is 1.33 bits per heavy atom. The second-order valence-electron chi connectivity index (χ2n) is 31.7. The molecule has 38 heteroatoms. The van der Waals surface area contributed by atoms with Crippen molar-refractivity contribution in [2.45, 2.75) is 162 Å². The van der Waals surface area contributed by atoms with Gasteiger partial charge in [0, 0.05) is 12.7 Å². The van der Waals surface area contributed by atoms with Crippen LogP contribution in [0.5, 0.6) is 0 Å².